The van der Waals surface area contributed by atoms with Crippen molar-refractivity contribution in [2.24, 2.45) is 5.73 Å². The van der Waals surface area contributed by atoms with E-state index in [4.69, 9.17) is 29.4 Å². The van der Waals surface area contributed by atoms with Crippen LogP contribution in [0, 0.1) is 0 Å². The van der Waals surface area contributed by atoms with E-state index < -0.39 is 18.6 Å². The first-order valence-electron chi connectivity index (χ1n) is 9.17. The third kappa shape index (κ3) is 4.06. The molecule has 0 radical (unpaired) electrons. The summed E-state index contributed by atoms with van der Waals surface area (Å²) >= 11 is 0. The van der Waals surface area contributed by atoms with Crippen molar-refractivity contribution in [3.05, 3.63) is 71.8 Å². The van der Waals surface area contributed by atoms with Gasteiger partial charge in [0, 0.05) is 12.7 Å². The highest BCUT2D eigenvalue weighted by Gasteiger charge is 2.49. The molecule has 2 N–H and O–H groups in total. The number of fused-ring (bicyclic) bond motifs is 1. The predicted molar refractivity (Wildman–Crippen MR) is 98.7 cm³/mol. The van der Waals surface area contributed by atoms with Crippen LogP contribution in [0.5, 0.6) is 0 Å². The average Bonchev–Trinajstić information content (AvgIpc) is 2.74. The fourth-order valence-electron chi connectivity index (χ4n) is 3.56. The summed E-state index contributed by atoms with van der Waals surface area (Å²) in [7, 11) is 1.58. The highest BCUT2D eigenvalue weighted by Crippen LogP contribution is 2.35. The van der Waals surface area contributed by atoms with Gasteiger partial charge in [-0.3, -0.25) is 0 Å². The molecule has 6 nitrogen and oxygen atoms in total. The van der Waals surface area contributed by atoms with Gasteiger partial charge in [-0.05, 0) is 5.56 Å². The van der Waals surface area contributed by atoms with E-state index in [1.165, 1.54) is 0 Å². The maximum absolute atomic E-state index is 6.39. The smallest absolute Gasteiger partial charge is 0.184 e. The molecule has 4 rings (SSSR count). The third-order valence-electron chi connectivity index (χ3n) is 4.97. The monoisotopic (exact) mass is 371 g/mol. The lowest BCUT2D eigenvalue weighted by Gasteiger charge is -2.48. The molecule has 6 atom stereocenters. The van der Waals surface area contributed by atoms with Crippen LogP contribution in [0.4, 0.5) is 0 Å². The van der Waals surface area contributed by atoms with Gasteiger partial charge in [0.1, 0.15) is 18.3 Å². The number of benzene rings is 2. The topological polar surface area (TPSA) is 72.2 Å². The predicted octanol–water partition coefficient (Wildman–Crippen LogP) is 2.38. The largest absolute Gasteiger partial charge is 0.369 e. The second kappa shape index (κ2) is 8.48. The van der Waals surface area contributed by atoms with E-state index >= 15 is 0 Å². The summed E-state index contributed by atoms with van der Waals surface area (Å²) in [5, 5.41) is 0. The molecule has 0 saturated carbocycles. The molecule has 2 aliphatic heterocycles. The minimum atomic E-state index is -0.563. The van der Waals surface area contributed by atoms with Gasteiger partial charge < -0.3 is 29.4 Å². The summed E-state index contributed by atoms with van der Waals surface area (Å²) in [5.41, 5.74) is 8.43. The summed E-state index contributed by atoms with van der Waals surface area (Å²) in [5.74, 6) is 0. The molecule has 0 aromatic heterocycles. The van der Waals surface area contributed by atoms with Crippen molar-refractivity contribution in [2.75, 3.05) is 13.7 Å². The molecule has 2 aromatic carbocycles. The van der Waals surface area contributed by atoms with Crippen molar-refractivity contribution >= 4 is 0 Å². The lowest BCUT2D eigenvalue weighted by atomic mass is 9.96. The fourth-order valence-corrected chi connectivity index (χ4v) is 3.56. The Bertz CT molecular complexity index is 713. The molecule has 6 heteroatoms. The van der Waals surface area contributed by atoms with Gasteiger partial charge in [0.25, 0.3) is 0 Å². The van der Waals surface area contributed by atoms with Gasteiger partial charge in [-0.15, -0.1) is 0 Å². The molecule has 0 amide bonds. The zero-order valence-corrected chi connectivity index (χ0v) is 15.3. The lowest BCUT2D eigenvalue weighted by molar-refractivity contribution is -0.344. The maximum atomic E-state index is 6.39. The molecule has 2 aromatic rings. The molecule has 27 heavy (non-hydrogen) atoms. The Hall–Kier alpha value is -1.80. The fraction of sp³-hybridized carbons (Fsp3) is 0.429. The van der Waals surface area contributed by atoms with E-state index in [1.54, 1.807) is 7.11 Å². The first kappa shape index (κ1) is 18.6. The highest BCUT2D eigenvalue weighted by atomic mass is 16.7. The minimum Gasteiger partial charge on any atom is -0.369 e. The summed E-state index contributed by atoms with van der Waals surface area (Å²) < 4.78 is 29.7. The zero-order valence-electron chi connectivity index (χ0n) is 15.3. The Morgan fingerprint density at radius 1 is 1.00 bits per heavy atom. The quantitative estimate of drug-likeness (QED) is 0.870. The van der Waals surface area contributed by atoms with Crippen LogP contribution in [0.15, 0.2) is 60.7 Å². The molecule has 0 aliphatic carbocycles. The molecule has 0 spiro atoms. The van der Waals surface area contributed by atoms with Crippen molar-refractivity contribution in [2.45, 2.75) is 43.5 Å². The molecule has 2 aliphatic rings. The van der Waals surface area contributed by atoms with Crippen LogP contribution in [0.3, 0.4) is 0 Å². The Kier molecular flexibility index (Phi) is 5.83. The molecular weight excluding hydrogens is 346 g/mol. The second-order valence-corrected chi connectivity index (χ2v) is 6.79. The Labute approximate surface area is 159 Å². The lowest BCUT2D eigenvalue weighted by Crippen LogP contribution is -2.65. The van der Waals surface area contributed by atoms with Crippen molar-refractivity contribution in [1.29, 1.82) is 0 Å². The highest BCUT2D eigenvalue weighted by molar-refractivity contribution is 5.17. The number of nitrogens with two attached hydrogens (primary N) is 1. The van der Waals surface area contributed by atoms with Gasteiger partial charge >= 0.3 is 0 Å². The van der Waals surface area contributed by atoms with Crippen LogP contribution in [0.1, 0.15) is 17.4 Å². The van der Waals surface area contributed by atoms with E-state index in [2.05, 4.69) is 0 Å². The Morgan fingerprint density at radius 3 is 2.41 bits per heavy atom. The van der Waals surface area contributed by atoms with Crippen LogP contribution in [0.25, 0.3) is 0 Å². The number of rotatable bonds is 5. The van der Waals surface area contributed by atoms with Crippen molar-refractivity contribution in [1.82, 2.24) is 0 Å². The first-order valence-corrected chi connectivity index (χ1v) is 9.17. The van der Waals surface area contributed by atoms with Crippen LogP contribution < -0.4 is 5.73 Å². The van der Waals surface area contributed by atoms with Gasteiger partial charge in [0.05, 0.1) is 19.3 Å². The van der Waals surface area contributed by atoms with Crippen LogP contribution >= 0.6 is 0 Å². The van der Waals surface area contributed by atoms with Crippen molar-refractivity contribution < 1.29 is 23.7 Å². The van der Waals surface area contributed by atoms with Gasteiger partial charge in [-0.2, -0.15) is 0 Å². The molecule has 2 saturated heterocycles. The summed E-state index contributed by atoms with van der Waals surface area (Å²) in [6, 6.07) is 19.4. The number of hydrogen-bond donors (Lipinski definition) is 1. The van der Waals surface area contributed by atoms with E-state index in [0.717, 1.165) is 11.1 Å². The standard InChI is InChI=1S/C21H25NO5/c1-23-21-17(22)19(24-12-14-8-4-2-5-9-14)18-16(26-21)13-25-20(27-18)15-10-6-3-7-11-15/h2-11,16-21H,12-13,22H2,1H3/t16-,17+,18-,19-,20?,21+/m1/s1. The van der Waals surface area contributed by atoms with Crippen molar-refractivity contribution in [3.63, 3.8) is 0 Å². The number of hydrogen-bond acceptors (Lipinski definition) is 6. The van der Waals surface area contributed by atoms with Crippen LogP contribution in [0.2, 0.25) is 0 Å². The molecular formula is C21H25NO5. The molecule has 1 unspecified atom stereocenters. The zero-order chi connectivity index (χ0) is 18.6. The van der Waals surface area contributed by atoms with Gasteiger partial charge in [-0.1, -0.05) is 60.7 Å². The van der Waals surface area contributed by atoms with Gasteiger partial charge in [0.2, 0.25) is 0 Å². The average molecular weight is 371 g/mol. The minimum absolute atomic E-state index is 0.296. The molecule has 2 heterocycles. The molecule has 0 bridgehead atoms. The number of methoxy groups -OCH3 is 1. The first-order chi connectivity index (χ1) is 13.3. The Balaban J connectivity index is 1.51. The Morgan fingerprint density at radius 2 is 1.70 bits per heavy atom. The SMILES string of the molecule is CO[C@H]1O[C@@H]2COC(c3ccccc3)O[C@H]2[C@H](OCc2ccccc2)[C@@H]1N. The van der Waals surface area contributed by atoms with Gasteiger partial charge in [0.15, 0.2) is 12.6 Å². The van der Waals surface area contributed by atoms with Crippen LogP contribution in [-0.4, -0.2) is 44.4 Å². The second-order valence-electron chi connectivity index (χ2n) is 6.79. The normalized spacial score (nSPS) is 33.4. The van der Waals surface area contributed by atoms with E-state index in [-0.39, 0.29) is 18.3 Å². The van der Waals surface area contributed by atoms with Crippen LogP contribution in [-0.2, 0) is 30.3 Å². The summed E-state index contributed by atoms with van der Waals surface area (Å²) in [6.45, 7) is 0.834. The maximum Gasteiger partial charge on any atom is 0.184 e. The molecule has 2 fully saturated rings. The third-order valence-corrected chi connectivity index (χ3v) is 4.97. The van der Waals surface area contributed by atoms with E-state index in [9.17, 15) is 0 Å². The molecule has 144 valence electrons. The number of ether oxygens (including phenoxy) is 5. The van der Waals surface area contributed by atoms with Gasteiger partial charge in [-0.25, -0.2) is 0 Å². The van der Waals surface area contributed by atoms with Crippen molar-refractivity contribution in [3.8, 4) is 0 Å². The van der Waals surface area contributed by atoms with E-state index in [1.807, 2.05) is 60.7 Å². The summed E-state index contributed by atoms with van der Waals surface area (Å²) in [4.78, 5) is 0. The van der Waals surface area contributed by atoms with E-state index in [0.29, 0.717) is 13.2 Å². The summed E-state index contributed by atoms with van der Waals surface area (Å²) in [6.07, 6.45) is -2.04.